The van der Waals surface area contributed by atoms with Crippen LogP contribution in [0.5, 0.6) is 11.9 Å². The quantitative estimate of drug-likeness (QED) is 0.644. The maximum Gasteiger partial charge on any atom is 0.295 e. The molecule has 8 nitrogen and oxygen atoms in total. The van der Waals surface area contributed by atoms with Crippen LogP contribution in [-0.4, -0.2) is 61.0 Å². The van der Waals surface area contributed by atoms with Gasteiger partial charge in [-0.05, 0) is 48.1 Å². The Balaban J connectivity index is 2.13. The largest absolute Gasteiger partial charge is 0.480 e. The second-order valence-corrected chi connectivity index (χ2v) is 8.32. The number of nitrogens with two attached hydrogens (primary N) is 1. The standard InChI is InChI=1S/C18H31N5O3/c1-17(2,3)22(6)8-7-9-26-13-10-12-14(15(19)20-13)21-16(24)23(12)11-18(4,5)25/h10,25H,7-9,11H2,1-6H3,(H2,19,20)(H,21,24). The molecular formula is C18H31N5O3. The molecule has 0 aliphatic carbocycles. The van der Waals surface area contributed by atoms with Crippen molar-refractivity contribution in [3.8, 4) is 11.9 Å². The Morgan fingerprint density at radius 3 is 2.46 bits per heavy atom. The van der Waals surface area contributed by atoms with Gasteiger partial charge in [0.2, 0.25) is 5.88 Å². The van der Waals surface area contributed by atoms with Crippen molar-refractivity contribution < 1.29 is 14.9 Å². The Hall–Kier alpha value is -2.06. The van der Waals surface area contributed by atoms with Crippen molar-refractivity contribution in [2.45, 2.75) is 58.7 Å². The van der Waals surface area contributed by atoms with Crippen LogP contribution >= 0.6 is 0 Å². The van der Waals surface area contributed by atoms with E-state index in [1.54, 1.807) is 19.9 Å². The average molecular weight is 365 g/mol. The second-order valence-electron chi connectivity index (χ2n) is 8.32. The maximum absolute atomic E-state index is 10.1. The Morgan fingerprint density at radius 2 is 1.88 bits per heavy atom. The normalized spacial score (nSPS) is 12.9. The molecule has 4 N–H and O–H groups in total. The molecule has 0 unspecified atom stereocenters. The molecule has 0 aromatic carbocycles. The summed E-state index contributed by atoms with van der Waals surface area (Å²) in [5.74, 6) is 0.569. The lowest BCUT2D eigenvalue weighted by Gasteiger charge is -2.31. The summed E-state index contributed by atoms with van der Waals surface area (Å²) < 4.78 is 7.26. The Labute approximate surface area is 154 Å². The minimum atomic E-state index is -1.01. The molecular weight excluding hydrogens is 334 g/mol. The van der Waals surface area contributed by atoms with Crippen molar-refractivity contribution in [2.24, 2.45) is 0 Å². The number of nitrogens with zero attached hydrogens (tertiary/aromatic N) is 4. The highest BCUT2D eigenvalue weighted by molar-refractivity contribution is 5.86. The van der Waals surface area contributed by atoms with Gasteiger partial charge in [-0.25, -0.2) is 0 Å². The number of aliphatic hydroxyl groups is 1. The molecule has 0 aliphatic rings. The molecule has 146 valence electrons. The number of hydrogen-bond acceptors (Lipinski definition) is 7. The summed E-state index contributed by atoms with van der Waals surface area (Å²) in [6.45, 7) is 11.4. The van der Waals surface area contributed by atoms with E-state index in [-0.39, 0.29) is 23.9 Å². The van der Waals surface area contributed by atoms with Crippen molar-refractivity contribution in [3.05, 3.63) is 6.07 Å². The van der Waals surface area contributed by atoms with Gasteiger partial charge >= 0.3 is 0 Å². The Kier molecular flexibility index (Phi) is 5.67. The summed E-state index contributed by atoms with van der Waals surface area (Å²) in [5.41, 5.74) is 6.04. The molecule has 0 fully saturated rings. The molecule has 0 saturated heterocycles. The van der Waals surface area contributed by atoms with Crippen LogP contribution in [0.15, 0.2) is 6.07 Å². The molecule has 26 heavy (non-hydrogen) atoms. The Morgan fingerprint density at radius 1 is 1.23 bits per heavy atom. The fourth-order valence-electron chi connectivity index (χ4n) is 2.54. The molecule has 2 heterocycles. The van der Waals surface area contributed by atoms with Crippen LogP contribution < -0.4 is 10.5 Å². The number of aromatic nitrogens is 3. The third-order valence-electron chi connectivity index (χ3n) is 4.30. The molecule has 0 spiro atoms. The fourth-order valence-corrected chi connectivity index (χ4v) is 2.54. The molecule has 2 aromatic heterocycles. The van der Waals surface area contributed by atoms with Gasteiger partial charge in [-0.1, -0.05) is 0 Å². The number of rotatable bonds is 7. The predicted octanol–water partition coefficient (Wildman–Crippen LogP) is 1.99. The van der Waals surface area contributed by atoms with E-state index in [9.17, 15) is 10.2 Å². The highest BCUT2D eigenvalue weighted by Gasteiger charge is 2.21. The van der Waals surface area contributed by atoms with Crippen LogP contribution in [0, 0.1) is 0 Å². The number of pyridine rings is 1. The smallest absolute Gasteiger partial charge is 0.295 e. The minimum absolute atomic E-state index is 0.114. The lowest BCUT2D eigenvalue weighted by atomic mass is 10.1. The molecule has 0 aliphatic heterocycles. The van der Waals surface area contributed by atoms with Crippen molar-refractivity contribution in [1.29, 1.82) is 0 Å². The zero-order valence-electron chi connectivity index (χ0n) is 16.6. The summed E-state index contributed by atoms with van der Waals surface area (Å²) in [6.07, 6.45) is 0.849. The van der Waals surface area contributed by atoms with Gasteiger partial charge in [0.1, 0.15) is 5.52 Å². The van der Waals surface area contributed by atoms with E-state index < -0.39 is 5.60 Å². The zero-order valence-corrected chi connectivity index (χ0v) is 16.6. The first-order valence-electron chi connectivity index (χ1n) is 8.80. The number of aromatic hydroxyl groups is 1. The van der Waals surface area contributed by atoms with Crippen molar-refractivity contribution in [1.82, 2.24) is 19.4 Å². The van der Waals surface area contributed by atoms with Crippen LogP contribution in [0.2, 0.25) is 0 Å². The monoisotopic (exact) mass is 365 g/mol. The molecule has 8 heteroatoms. The molecule has 2 aromatic rings. The first-order valence-corrected chi connectivity index (χ1v) is 8.80. The third kappa shape index (κ3) is 4.98. The zero-order chi connectivity index (χ0) is 19.7. The first-order chi connectivity index (χ1) is 11.9. The topological polar surface area (TPSA) is 110 Å². The van der Waals surface area contributed by atoms with Crippen molar-refractivity contribution in [3.63, 3.8) is 0 Å². The number of imidazole rings is 1. The van der Waals surface area contributed by atoms with E-state index in [4.69, 9.17) is 10.5 Å². The van der Waals surface area contributed by atoms with E-state index >= 15 is 0 Å². The average Bonchev–Trinajstić information content (AvgIpc) is 2.78. The minimum Gasteiger partial charge on any atom is -0.480 e. The summed E-state index contributed by atoms with van der Waals surface area (Å²) in [6, 6.07) is 1.48. The number of fused-ring (bicyclic) bond motifs is 1. The van der Waals surface area contributed by atoms with Crippen LogP contribution in [0.1, 0.15) is 41.0 Å². The number of nitrogen functional groups attached to an aromatic ring is 1. The van der Waals surface area contributed by atoms with E-state index in [2.05, 4.69) is 42.7 Å². The highest BCUT2D eigenvalue weighted by atomic mass is 16.5. The van der Waals surface area contributed by atoms with E-state index in [0.717, 1.165) is 13.0 Å². The van der Waals surface area contributed by atoms with E-state index in [0.29, 0.717) is 23.5 Å². The predicted molar refractivity (Wildman–Crippen MR) is 102 cm³/mol. The van der Waals surface area contributed by atoms with Gasteiger partial charge in [-0.2, -0.15) is 9.97 Å². The van der Waals surface area contributed by atoms with E-state index in [1.807, 2.05) is 0 Å². The van der Waals surface area contributed by atoms with Crippen LogP contribution in [0.4, 0.5) is 5.82 Å². The molecule has 0 atom stereocenters. The van der Waals surface area contributed by atoms with Gasteiger partial charge in [-0.15, -0.1) is 0 Å². The lowest BCUT2D eigenvalue weighted by molar-refractivity contribution is 0.0601. The van der Waals surface area contributed by atoms with Gasteiger partial charge in [0.25, 0.3) is 6.01 Å². The highest BCUT2D eigenvalue weighted by Crippen LogP contribution is 2.29. The number of anilines is 1. The summed E-state index contributed by atoms with van der Waals surface area (Å²) in [5, 5.41) is 20.1. The second kappa shape index (κ2) is 7.28. The fraction of sp³-hybridized carbons (Fsp3) is 0.667. The van der Waals surface area contributed by atoms with Crippen molar-refractivity contribution in [2.75, 3.05) is 25.9 Å². The van der Waals surface area contributed by atoms with Gasteiger partial charge in [0.15, 0.2) is 5.82 Å². The van der Waals surface area contributed by atoms with Gasteiger partial charge < -0.3 is 25.6 Å². The number of ether oxygens (including phenoxy) is 1. The van der Waals surface area contributed by atoms with Crippen LogP contribution in [-0.2, 0) is 6.54 Å². The Bertz CT molecular complexity index is 759. The third-order valence-corrected chi connectivity index (χ3v) is 4.30. The number of hydrogen-bond donors (Lipinski definition) is 3. The van der Waals surface area contributed by atoms with Crippen molar-refractivity contribution >= 4 is 16.9 Å². The molecule has 0 radical (unpaired) electrons. The maximum atomic E-state index is 10.1. The summed E-state index contributed by atoms with van der Waals surface area (Å²) >= 11 is 0. The van der Waals surface area contributed by atoms with Gasteiger partial charge in [0.05, 0.1) is 24.3 Å². The lowest BCUT2D eigenvalue weighted by Crippen LogP contribution is -2.39. The molecule has 0 bridgehead atoms. The molecule has 0 saturated carbocycles. The summed E-state index contributed by atoms with van der Waals surface area (Å²) in [4.78, 5) is 10.5. The summed E-state index contributed by atoms with van der Waals surface area (Å²) in [7, 11) is 2.08. The van der Waals surface area contributed by atoms with Crippen LogP contribution in [0.3, 0.4) is 0 Å². The van der Waals surface area contributed by atoms with E-state index in [1.165, 1.54) is 4.57 Å². The van der Waals surface area contributed by atoms with Gasteiger partial charge in [0, 0.05) is 18.2 Å². The molecule has 2 rings (SSSR count). The SMILES string of the molecule is CN(CCCOc1cc2c(nc(O)n2CC(C)(C)O)c(N)n1)C(C)(C)C. The van der Waals surface area contributed by atoms with Crippen LogP contribution in [0.25, 0.3) is 11.0 Å². The first kappa shape index (κ1) is 20.3. The van der Waals surface area contributed by atoms with Gasteiger partial charge in [-0.3, -0.25) is 4.57 Å². The molecule has 0 amide bonds.